The average molecular weight is 463 g/mol. The summed E-state index contributed by atoms with van der Waals surface area (Å²) in [6.07, 6.45) is -3.42. The highest BCUT2D eigenvalue weighted by Gasteiger charge is 2.31. The molecule has 32 heavy (non-hydrogen) atoms. The van der Waals surface area contributed by atoms with Crippen molar-refractivity contribution in [3.05, 3.63) is 23.8 Å². The predicted molar refractivity (Wildman–Crippen MR) is 113 cm³/mol. The molecule has 2 rings (SSSR count). The van der Waals surface area contributed by atoms with Crippen molar-refractivity contribution in [2.45, 2.75) is 52.1 Å². The maximum absolute atomic E-state index is 12.6. The Labute approximate surface area is 187 Å². The maximum Gasteiger partial charge on any atom is 0.573 e. The lowest BCUT2D eigenvalue weighted by molar-refractivity contribution is -0.274. The van der Waals surface area contributed by atoms with E-state index >= 15 is 0 Å². The van der Waals surface area contributed by atoms with Gasteiger partial charge < -0.3 is 29.2 Å². The molecular weight excluding hydrogens is 429 g/mol. The predicted octanol–water partition coefficient (Wildman–Crippen LogP) is 4.35. The van der Waals surface area contributed by atoms with E-state index in [1.54, 1.807) is 12.0 Å². The van der Waals surface area contributed by atoms with Gasteiger partial charge in [0, 0.05) is 32.3 Å². The zero-order valence-electron chi connectivity index (χ0n) is 19.1. The smallest absolute Gasteiger partial charge is 0.491 e. The molecule has 1 N–H and O–H groups in total. The Morgan fingerprint density at radius 2 is 1.84 bits per heavy atom. The third kappa shape index (κ3) is 9.52. The third-order valence-corrected chi connectivity index (χ3v) is 4.83. The summed E-state index contributed by atoms with van der Waals surface area (Å²) in [5.74, 6) is 0.532. The van der Waals surface area contributed by atoms with Gasteiger partial charge in [0.05, 0.1) is 6.61 Å². The highest BCUT2D eigenvalue weighted by Crippen LogP contribution is 2.29. The number of likely N-dealkylation sites (tertiary alicyclic amines) is 1. The number of carbonyl (C=O) groups is 1. The van der Waals surface area contributed by atoms with Crippen molar-refractivity contribution < 1.29 is 36.9 Å². The van der Waals surface area contributed by atoms with Crippen LogP contribution in [0.5, 0.6) is 11.5 Å². The zero-order valence-corrected chi connectivity index (χ0v) is 19.1. The second-order valence-electron chi connectivity index (χ2n) is 8.70. The van der Waals surface area contributed by atoms with E-state index in [2.05, 4.69) is 10.1 Å². The summed E-state index contributed by atoms with van der Waals surface area (Å²) in [6, 6.07) is 4.02. The fraction of sp³-hybridized carbons (Fsp3) is 0.682. The van der Waals surface area contributed by atoms with Crippen LogP contribution in [0.2, 0.25) is 0 Å². The molecule has 182 valence electrons. The van der Waals surface area contributed by atoms with Gasteiger partial charge in [0.1, 0.15) is 23.7 Å². The van der Waals surface area contributed by atoms with Gasteiger partial charge in [0.25, 0.3) is 0 Å². The summed E-state index contributed by atoms with van der Waals surface area (Å²) in [5.41, 5.74) is 0.0390. The van der Waals surface area contributed by atoms with Gasteiger partial charge in [-0.3, -0.25) is 0 Å². The second kappa shape index (κ2) is 11.6. The van der Waals surface area contributed by atoms with Crippen LogP contribution in [0.25, 0.3) is 0 Å². The molecule has 0 atom stereocenters. The van der Waals surface area contributed by atoms with Crippen LogP contribution in [0, 0.1) is 5.92 Å². The summed E-state index contributed by atoms with van der Waals surface area (Å²) in [6.45, 7) is 8.38. The van der Waals surface area contributed by atoms with Crippen LogP contribution < -0.4 is 14.8 Å². The fourth-order valence-electron chi connectivity index (χ4n) is 3.32. The fourth-order valence-corrected chi connectivity index (χ4v) is 3.32. The molecule has 0 aromatic heterocycles. The molecule has 1 amide bonds. The van der Waals surface area contributed by atoms with E-state index in [0.717, 1.165) is 12.8 Å². The van der Waals surface area contributed by atoms with Crippen molar-refractivity contribution in [2.75, 3.05) is 40.0 Å². The number of nitrogens with one attached hydrogen (secondary N) is 1. The number of hydrogen-bond donors (Lipinski definition) is 1. The van der Waals surface area contributed by atoms with Crippen LogP contribution in [0.15, 0.2) is 18.2 Å². The minimum atomic E-state index is -4.76. The van der Waals surface area contributed by atoms with Crippen LogP contribution in [0.1, 0.15) is 39.2 Å². The molecule has 1 saturated heterocycles. The van der Waals surface area contributed by atoms with Crippen LogP contribution in [0.4, 0.5) is 18.0 Å². The molecular formula is C22H33F3N2O5. The van der Waals surface area contributed by atoms with E-state index in [4.69, 9.17) is 14.2 Å². The minimum Gasteiger partial charge on any atom is -0.491 e. The number of halogens is 3. The van der Waals surface area contributed by atoms with Crippen molar-refractivity contribution in [1.29, 1.82) is 0 Å². The van der Waals surface area contributed by atoms with Gasteiger partial charge >= 0.3 is 12.5 Å². The van der Waals surface area contributed by atoms with Gasteiger partial charge in [-0.2, -0.15) is 0 Å². The van der Waals surface area contributed by atoms with Gasteiger partial charge in [-0.15, -0.1) is 13.2 Å². The first-order valence-corrected chi connectivity index (χ1v) is 10.7. The third-order valence-electron chi connectivity index (χ3n) is 4.83. The van der Waals surface area contributed by atoms with Crippen molar-refractivity contribution in [3.8, 4) is 11.5 Å². The van der Waals surface area contributed by atoms with E-state index in [0.29, 0.717) is 50.0 Å². The number of rotatable bonds is 9. The molecule has 0 radical (unpaired) electrons. The van der Waals surface area contributed by atoms with Gasteiger partial charge in [-0.05, 0) is 64.3 Å². The number of amides is 1. The van der Waals surface area contributed by atoms with Crippen molar-refractivity contribution in [2.24, 2.45) is 5.92 Å². The number of piperidine rings is 1. The van der Waals surface area contributed by atoms with Crippen molar-refractivity contribution in [3.63, 3.8) is 0 Å². The van der Waals surface area contributed by atoms with E-state index in [1.165, 1.54) is 18.2 Å². The van der Waals surface area contributed by atoms with Crippen LogP contribution in [0.3, 0.4) is 0 Å². The quantitative estimate of drug-likeness (QED) is 0.551. The lowest BCUT2D eigenvalue weighted by Crippen LogP contribution is -2.43. The molecule has 0 unspecified atom stereocenters. The number of nitrogens with zero attached hydrogens (tertiary/aromatic N) is 1. The molecule has 0 bridgehead atoms. The Morgan fingerprint density at radius 1 is 1.16 bits per heavy atom. The molecule has 10 heteroatoms. The lowest BCUT2D eigenvalue weighted by Gasteiger charge is -2.33. The standard InChI is InChI=1S/C22H33F3N2O5/c1-21(2,3)32-20(28)27-9-7-16(8-10-27)14-26-15-17-13-18(31-22(23,24)25)5-6-19(17)30-12-11-29-4/h5-6,13,16,26H,7-12,14-15H2,1-4H3. The Bertz CT molecular complexity index is 729. The molecule has 1 fully saturated rings. The molecule has 1 aliphatic rings. The molecule has 0 aliphatic carbocycles. The van der Waals surface area contributed by atoms with E-state index in [9.17, 15) is 18.0 Å². The Hall–Kier alpha value is -2.20. The SMILES string of the molecule is COCCOc1ccc(OC(F)(F)F)cc1CNCC1CCN(C(=O)OC(C)(C)C)CC1. The minimum absolute atomic E-state index is 0.284. The number of carbonyl (C=O) groups excluding carboxylic acids is 1. The average Bonchev–Trinajstić information content (AvgIpc) is 2.67. The van der Waals surface area contributed by atoms with E-state index < -0.39 is 12.0 Å². The largest absolute Gasteiger partial charge is 0.573 e. The topological polar surface area (TPSA) is 69.3 Å². The summed E-state index contributed by atoms with van der Waals surface area (Å²) < 4.78 is 57.7. The Kier molecular flexibility index (Phi) is 9.45. The molecule has 1 aromatic carbocycles. The van der Waals surface area contributed by atoms with Crippen LogP contribution in [-0.2, 0) is 16.0 Å². The molecule has 0 saturated carbocycles. The first-order chi connectivity index (χ1) is 15.0. The van der Waals surface area contributed by atoms with Gasteiger partial charge in [-0.25, -0.2) is 4.79 Å². The molecule has 7 nitrogen and oxygen atoms in total. The molecule has 0 spiro atoms. The summed E-state index contributed by atoms with van der Waals surface area (Å²) in [4.78, 5) is 13.9. The molecule has 1 aliphatic heterocycles. The lowest BCUT2D eigenvalue weighted by atomic mass is 9.97. The summed E-state index contributed by atoms with van der Waals surface area (Å²) >= 11 is 0. The Morgan fingerprint density at radius 3 is 2.44 bits per heavy atom. The van der Waals surface area contributed by atoms with Crippen LogP contribution >= 0.6 is 0 Å². The van der Waals surface area contributed by atoms with Crippen molar-refractivity contribution >= 4 is 6.09 Å². The number of benzene rings is 1. The highest BCUT2D eigenvalue weighted by molar-refractivity contribution is 5.68. The van der Waals surface area contributed by atoms with E-state index in [1.807, 2.05) is 20.8 Å². The first kappa shape index (κ1) is 26.1. The highest BCUT2D eigenvalue weighted by atomic mass is 19.4. The number of ether oxygens (including phenoxy) is 4. The number of methoxy groups -OCH3 is 1. The van der Waals surface area contributed by atoms with Gasteiger partial charge in [-0.1, -0.05) is 0 Å². The monoisotopic (exact) mass is 462 g/mol. The summed E-state index contributed by atoms with van der Waals surface area (Å²) in [5, 5.41) is 3.29. The number of hydrogen-bond acceptors (Lipinski definition) is 6. The van der Waals surface area contributed by atoms with Gasteiger partial charge in [0.2, 0.25) is 0 Å². The normalized spacial score (nSPS) is 15.5. The van der Waals surface area contributed by atoms with Crippen molar-refractivity contribution in [1.82, 2.24) is 10.2 Å². The second-order valence-corrected chi connectivity index (χ2v) is 8.70. The van der Waals surface area contributed by atoms with E-state index in [-0.39, 0.29) is 18.4 Å². The van der Waals surface area contributed by atoms with Crippen LogP contribution in [-0.4, -0.2) is 62.9 Å². The Balaban J connectivity index is 1.88. The molecule has 1 aromatic rings. The zero-order chi connectivity index (χ0) is 23.8. The van der Waals surface area contributed by atoms with Gasteiger partial charge in [0.15, 0.2) is 0 Å². The maximum atomic E-state index is 12.6. The first-order valence-electron chi connectivity index (χ1n) is 10.7. The molecule has 1 heterocycles. The summed E-state index contributed by atoms with van der Waals surface area (Å²) in [7, 11) is 1.54. The number of alkyl halides is 3.